The van der Waals surface area contributed by atoms with Gasteiger partial charge in [-0.25, -0.2) is 0 Å². The van der Waals surface area contributed by atoms with Gasteiger partial charge in [0.25, 0.3) is 0 Å². The summed E-state index contributed by atoms with van der Waals surface area (Å²) in [5.41, 5.74) is 12.0. The SMILES string of the molecule is NC(=O)Cc1ccccc1NC(=O)C1(N)CCCCC1. The van der Waals surface area contributed by atoms with Gasteiger partial charge in [-0.05, 0) is 24.5 Å². The van der Waals surface area contributed by atoms with Gasteiger partial charge in [0, 0.05) is 5.69 Å². The van der Waals surface area contributed by atoms with Gasteiger partial charge in [0.05, 0.1) is 12.0 Å². The van der Waals surface area contributed by atoms with E-state index in [-0.39, 0.29) is 12.3 Å². The van der Waals surface area contributed by atoms with E-state index in [1.54, 1.807) is 12.1 Å². The van der Waals surface area contributed by atoms with Crippen molar-refractivity contribution in [3.63, 3.8) is 0 Å². The van der Waals surface area contributed by atoms with Gasteiger partial charge in [-0.3, -0.25) is 9.59 Å². The summed E-state index contributed by atoms with van der Waals surface area (Å²) in [4.78, 5) is 23.4. The number of rotatable bonds is 4. The van der Waals surface area contributed by atoms with Crippen molar-refractivity contribution in [1.82, 2.24) is 0 Å². The standard InChI is InChI=1S/C15H21N3O2/c16-13(19)10-11-6-2-3-7-12(11)18-14(20)15(17)8-4-1-5-9-15/h2-3,6-7H,1,4-5,8-10,17H2,(H2,16,19)(H,18,20). The monoisotopic (exact) mass is 275 g/mol. The lowest BCUT2D eigenvalue weighted by Crippen LogP contribution is -2.52. The molecule has 0 saturated heterocycles. The zero-order valence-corrected chi connectivity index (χ0v) is 11.5. The molecule has 5 N–H and O–H groups in total. The molecule has 1 aliphatic rings. The van der Waals surface area contributed by atoms with Crippen LogP contribution in [0, 0.1) is 0 Å². The molecule has 0 heterocycles. The van der Waals surface area contributed by atoms with Gasteiger partial charge in [-0.1, -0.05) is 37.5 Å². The van der Waals surface area contributed by atoms with Crippen LogP contribution in [-0.4, -0.2) is 17.4 Å². The van der Waals surface area contributed by atoms with E-state index in [4.69, 9.17) is 11.5 Å². The summed E-state index contributed by atoms with van der Waals surface area (Å²) in [6.45, 7) is 0. The van der Waals surface area contributed by atoms with E-state index < -0.39 is 11.4 Å². The molecule has 108 valence electrons. The normalized spacial score (nSPS) is 17.4. The van der Waals surface area contributed by atoms with Crippen LogP contribution in [-0.2, 0) is 16.0 Å². The number of primary amides is 1. The molecule has 0 spiro atoms. The molecule has 20 heavy (non-hydrogen) atoms. The lowest BCUT2D eigenvalue weighted by Gasteiger charge is -2.32. The zero-order valence-electron chi connectivity index (χ0n) is 11.5. The third kappa shape index (κ3) is 3.36. The first-order valence-electron chi connectivity index (χ1n) is 6.98. The number of nitrogens with one attached hydrogen (secondary N) is 1. The molecular weight excluding hydrogens is 254 g/mol. The van der Waals surface area contributed by atoms with Crippen LogP contribution in [0.2, 0.25) is 0 Å². The first kappa shape index (κ1) is 14.5. The Bertz CT molecular complexity index is 508. The third-order valence-corrected chi connectivity index (χ3v) is 3.83. The average molecular weight is 275 g/mol. The Kier molecular flexibility index (Phi) is 4.39. The molecule has 0 atom stereocenters. The molecule has 1 fully saturated rings. The summed E-state index contributed by atoms with van der Waals surface area (Å²) in [5.74, 6) is -0.596. The lowest BCUT2D eigenvalue weighted by atomic mass is 9.82. The number of nitrogens with two attached hydrogens (primary N) is 2. The van der Waals surface area contributed by atoms with Crippen LogP contribution in [0.4, 0.5) is 5.69 Å². The van der Waals surface area contributed by atoms with Crippen molar-refractivity contribution in [2.75, 3.05) is 5.32 Å². The van der Waals surface area contributed by atoms with Gasteiger partial charge in [0.15, 0.2) is 0 Å². The molecule has 1 aliphatic carbocycles. The van der Waals surface area contributed by atoms with Gasteiger partial charge in [-0.15, -0.1) is 0 Å². The topological polar surface area (TPSA) is 98.2 Å². The van der Waals surface area contributed by atoms with Crippen molar-refractivity contribution in [2.45, 2.75) is 44.1 Å². The minimum atomic E-state index is -0.794. The minimum absolute atomic E-state index is 0.105. The second kappa shape index (κ2) is 6.05. The summed E-state index contributed by atoms with van der Waals surface area (Å²) in [5, 5.41) is 2.85. The highest BCUT2D eigenvalue weighted by Gasteiger charge is 2.35. The van der Waals surface area contributed by atoms with E-state index >= 15 is 0 Å². The van der Waals surface area contributed by atoms with E-state index in [2.05, 4.69) is 5.32 Å². The van der Waals surface area contributed by atoms with Crippen LogP contribution in [0.25, 0.3) is 0 Å². The lowest BCUT2D eigenvalue weighted by molar-refractivity contribution is -0.122. The molecule has 0 unspecified atom stereocenters. The zero-order chi connectivity index (χ0) is 14.6. The number of hydrogen-bond donors (Lipinski definition) is 3. The molecule has 0 bridgehead atoms. The predicted molar refractivity (Wildman–Crippen MR) is 78.0 cm³/mol. The van der Waals surface area contributed by atoms with Gasteiger partial charge in [0.1, 0.15) is 0 Å². The van der Waals surface area contributed by atoms with Gasteiger partial charge >= 0.3 is 0 Å². The Morgan fingerprint density at radius 3 is 2.45 bits per heavy atom. The van der Waals surface area contributed by atoms with Gasteiger partial charge in [0.2, 0.25) is 11.8 Å². The molecule has 1 saturated carbocycles. The average Bonchev–Trinajstić information content (AvgIpc) is 2.41. The Morgan fingerprint density at radius 1 is 1.15 bits per heavy atom. The molecule has 5 heteroatoms. The Labute approximate surface area is 118 Å². The second-order valence-corrected chi connectivity index (χ2v) is 5.47. The second-order valence-electron chi connectivity index (χ2n) is 5.47. The number of carbonyl (C=O) groups is 2. The van der Waals surface area contributed by atoms with Crippen molar-refractivity contribution < 1.29 is 9.59 Å². The summed E-state index contributed by atoms with van der Waals surface area (Å²) in [6.07, 6.45) is 4.60. The van der Waals surface area contributed by atoms with Crippen LogP contribution < -0.4 is 16.8 Å². The maximum atomic E-state index is 12.4. The fraction of sp³-hybridized carbons (Fsp3) is 0.467. The summed E-state index contributed by atoms with van der Waals surface area (Å²) >= 11 is 0. The smallest absolute Gasteiger partial charge is 0.244 e. The number of benzene rings is 1. The highest BCUT2D eigenvalue weighted by Crippen LogP contribution is 2.27. The van der Waals surface area contributed by atoms with Crippen LogP contribution in [0.5, 0.6) is 0 Å². The van der Waals surface area contributed by atoms with Crippen molar-refractivity contribution in [2.24, 2.45) is 11.5 Å². The van der Waals surface area contributed by atoms with Crippen molar-refractivity contribution >= 4 is 17.5 Å². The van der Waals surface area contributed by atoms with E-state index in [1.165, 1.54) is 0 Å². The maximum Gasteiger partial charge on any atom is 0.244 e. The molecule has 1 aromatic rings. The van der Waals surface area contributed by atoms with Crippen LogP contribution in [0.15, 0.2) is 24.3 Å². The van der Waals surface area contributed by atoms with Crippen molar-refractivity contribution in [3.05, 3.63) is 29.8 Å². The molecule has 2 amide bonds. The largest absolute Gasteiger partial charge is 0.369 e. The van der Waals surface area contributed by atoms with Crippen LogP contribution in [0.3, 0.4) is 0 Å². The molecule has 2 rings (SSSR count). The van der Waals surface area contributed by atoms with Crippen LogP contribution >= 0.6 is 0 Å². The third-order valence-electron chi connectivity index (χ3n) is 3.83. The molecule has 0 radical (unpaired) electrons. The minimum Gasteiger partial charge on any atom is -0.369 e. The molecule has 5 nitrogen and oxygen atoms in total. The number of para-hydroxylation sites is 1. The Balaban J connectivity index is 2.13. The van der Waals surface area contributed by atoms with E-state index in [9.17, 15) is 9.59 Å². The first-order chi connectivity index (χ1) is 9.51. The van der Waals surface area contributed by atoms with E-state index in [0.717, 1.165) is 19.3 Å². The fourth-order valence-electron chi connectivity index (χ4n) is 2.64. The predicted octanol–water partition coefficient (Wildman–Crippen LogP) is 1.31. The summed E-state index contributed by atoms with van der Waals surface area (Å²) in [6, 6.07) is 7.17. The summed E-state index contributed by atoms with van der Waals surface area (Å²) in [7, 11) is 0. The Hall–Kier alpha value is -1.88. The summed E-state index contributed by atoms with van der Waals surface area (Å²) < 4.78 is 0. The van der Waals surface area contributed by atoms with Crippen molar-refractivity contribution in [3.8, 4) is 0 Å². The fourth-order valence-corrected chi connectivity index (χ4v) is 2.64. The molecule has 0 aliphatic heterocycles. The quantitative estimate of drug-likeness (QED) is 0.772. The number of carbonyl (C=O) groups excluding carboxylic acids is 2. The van der Waals surface area contributed by atoms with Gasteiger partial charge in [-0.2, -0.15) is 0 Å². The number of anilines is 1. The van der Waals surface area contributed by atoms with Gasteiger partial charge < -0.3 is 16.8 Å². The van der Waals surface area contributed by atoms with Crippen LogP contribution in [0.1, 0.15) is 37.7 Å². The highest BCUT2D eigenvalue weighted by atomic mass is 16.2. The first-order valence-corrected chi connectivity index (χ1v) is 6.98. The highest BCUT2D eigenvalue weighted by molar-refractivity contribution is 5.99. The maximum absolute atomic E-state index is 12.4. The molecular formula is C15H21N3O2. The number of hydrogen-bond acceptors (Lipinski definition) is 3. The van der Waals surface area contributed by atoms with Crippen molar-refractivity contribution in [1.29, 1.82) is 0 Å². The number of amides is 2. The molecule has 1 aromatic carbocycles. The molecule has 0 aromatic heterocycles. The van der Waals surface area contributed by atoms with E-state index in [0.29, 0.717) is 24.1 Å². The van der Waals surface area contributed by atoms with E-state index in [1.807, 2.05) is 12.1 Å². The Morgan fingerprint density at radius 2 is 1.80 bits per heavy atom.